The van der Waals surface area contributed by atoms with Crippen LogP contribution in [0.2, 0.25) is 0 Å². The molecule has 0 spiro atoms. The second-order valence-electron chi connectivity index (χ2n) is 8.07. The number of benzene rings is 1. The molecule has 2 heterocycles. The smallest absolute Gasteiger partial charge is 0.287 e. The largest absolute Gasteiger partial charge is 0.459 e. The van der Waals surface area contributed by atoms with E-state index in [9.17, 15) is 18.8 Å². The Kier molecular flexibility index (Phi) is 7.31. The van der Waals surface area contributed by atoms with Gasteiger partial charge < -0.3 is 15.1 Å². The van der Waals surface area contributed by atoms with Gasteiger partial charge in [-0.25, -0.2) is 4.39 Å². The van der Waals surface area contributed by atoms with Crippen LogP contribution in [0.15, 0.2) is 71.6 Å². The zero-order valence-electron chi connectivity index (χ0n) is 18.4. The molecule has 1 fully saturated rings. The molecule has 4 rings (SSSR count). The van der Waals surface area contributed by atoms with E-state index in [2.05, 4.69) is 15.6 Å². The lowest BCUT2D eigenvalue weighted by molar-refractivity contribution is -0.126. The minimum absolute atomic E-state index is 0.0284. The number of carbonyl (C=O) groups is 3. The van der Waals surface area contributed by atoms with Crippen molar-refractivity contribution in [2.75, 3.05) is 11.4 Å². The molecule has 0 bridgehead atoms. The van der Waals surface area contributed by atoms with Gasteiger partial charge in [0, 0.05) is 24.1 Å². The summed E-state index contributed by atoms with van der Waals surface area (Å²) in [6, 6.07) is 10.6. The Hall–Kier alpha value is -4.01. The molecule has 0 aliphatic heterocycles. The van der Waals surface area contributed by atoms with Crippen molar-refractivity contribution in [1.82, 2.24) is 15.6 Å². The molecule has 8 nitrogen and oxygen atoms in total. The number of amides is 3. The van der Waals surface area contributed by atoms with Crippen molar-refractivity contribution in [3.8, 4) is 0 Å². The van der Waals surface area contributed by atoms with Crippen LogP contribution >= 0.6 is 0 Å². The molecule has 0 radical (unpaired) electrons. The van der Waals surface area contributed by atoms with E-state index in [0.717, 1.165) is 25.7 Å². The van der Waals surface area contributed by atoms with Gasteiger partial charge in [0.25, 0.3) is 5.91 Å². The van der Waals surface area contributed by atoms with E-state index in [1.807, 2.05) is 0 Å². The van der Waals surface area contributed by atoms with E-state index in [-0.39, 0.29) is 17.7 Å². The molecule has 3 aromatic rings. The topological polar surface area (TPSA) is 105 Å². The summed E-state index contributed by atoms with van der Waals surface area (Å²) in [6.07, 6.45) is 8.24. The summed E-state index contributed by atoms with van der Waals surface area (Å²) < 4.78 is 18.7. The minimum Gasteiger partial charge on any atom is -0.459 e. The van der Waals surface area contributed by atoms with Crippen LogP contribution < -0.4 is 15.5 Å². The number of aromatic nitrogens is 1. The first kappa shape index (κ1) is 23.2. The lowest BCUT2D eigenvalue weighted by Gasteiger charge is -2.32. The van der Waals surface area contributed by atoms with Crippen LogP contribution in [0.3, 0.4) is 0 Å². The zero-order chi connectivity index (χ0) is 23.9. The lowest BCUT2D eigenvalue weighted by Crippen LogP contribution is -2.49. The average molecular weight is 464 g/mol. The number of halogens is 1. The molecule has 34 heavy (non-hydrogen) atoms. The van der Waals surface area contributed by atoms with E-state index < -0.39 is 30.2 Å². The molecule has 0 saturated heterocycles. The fourth-order valence-electron chi connectivity index (χ4n) is 4.09. The summed E-state index contributed by atoms with van der Waals surface area (Å²) in [6.45, 7) is -0.394. The Morgan fingerprint density at radius 2 is 1.76 bits per heavy atom. The van der Waals surface area contributed by atoms with Gasteiger partial charge in [-0.05, 0) is 66.9 Å². The number of nitrogens with zero attached hydrogens (tertiary/aromatic N) is 2. The first-order chi connectivity index (χ1) is 16.5. The lowest BCUT2D eigenvalue weighted by atomic mass is 10.0. The fourth-order valence-corrected chi connectivity index (χ4v) is 4.09. The number of hydrogen-bond acceptors (Lipinski definition) is 5. The summed E-state index contributed by atoms with van der Waals surface area (Å²) >= 11 is 0. The van der Waals surface area contributed by atoms with Crippen molar-refractivity contribution in [3.63, 3.8) is 0 Å². The van der Waals surface area contributed by atoms with E-state index in [4.69, 9.17) is 4.42 Å². The highest BCUT2D eigenvalue weighted by atomic mass is 19.1. The highest BCUT2D eigenvalue weighted by Gasteiger charge is 2.34. The monoisotopic (exact) mass is 464 g/mol. The van der Waals surface area contributed by atoms with Gasteiger partial charge in [0.1, 0.15) is 11.9 Å². The maximum absolute atomic E-state index is 13.7. The Morgan fingerprint density at radius 1 is 1.06 bits per heavy atom. The maximum atomic E-state index is 13.7. The Balaban J connectivity index is 1.65. The molecular formula is C25H25FN4O4. The summed E-state index contributed by atoms with van der Waals surface area (Å²) in [4.78, 5) is 44.6. The Morgan fingerprint density at radius 3 is 2.41 bits per heavy atom. The van der Waals surface area contributed by atoms with Gasteiger partial charge in [0.05, 0.1) is 12.8 Å². The van der Waals surface area contributed by atoms with Crippen molar-refractivity contribution in [3.05, 3.63) is 84.3 Å². The molecule has 1 saturated carbocycles. The van der Waals surface area contributed by atoms with E-state index in [1.165, 1.54) is 53.9 Å². The van der Waals surface area contributed by atoms with Crippen LogP contribution in [0.1, 0.15) is 47.8 Å². The third-order valence-corrected chi connectivity index (χ3v) is 5.75. The first-order valence-electron chi connectivity index (χ1n) is 11.1. The molecule has 0 unspecified atom stereocenters. The number of pyridine rings is 1. The molecule has 1 atom stereocenters. The van der Waals surface area contributed by atoms with Crippen LogP contribution in [-0.2, 0) is 9.59 Å². The summed E-state index contributed by atoms with van der Waals surface area (Å²) in [7, 11) is 0. The molecule has 176 valence electrons. The van der Waals surface area contributed by atoms with Crippen molar-refractivity contribution >= 4 is 23.4 Å². The van der Waals surface area contributed by atoms with Crippen LogP contribution in [0.25, 0.3) is 0 Å². The molecule has 2 aromatic heterocycles. The highest BCUT2D eigenvalue weighted by Crippen LogP contribution is 2.29. The predicted octanol–water partition coefficient (Wildman–Crippen LogP) is 3.38. The van der Waals surface area contributed by atoms with E-state index in [1.54, 1.807) is 18.2 Å². The van der Waals surface area contributed by atoms with Gasteiger partial charge >= 0.3 is 0 Å². The SMILES string of the molecule is O=C(NCC(=O)N(c1ccc(F)cc1)[C@H](C(=O)NC1CCCC1)c1ccncc1)c1ccco1. The minimum atomic E-state index is -1.04. The number of carbonyl (C=O) groups excluding carboxylic acids is 3. The fraction of sp³-hybridized carbons (Fsp3) is 0.280. The number of anilines is 1. The van der Waals surface area contributed by atoms with Gasteiger partial charge in [-0.2, -0.15) is 0 Å². The third kappa shape index (κ3) is 5.48. The standard InChI is InChI=1S/C25H25FN4O4/c26-18-7-9-20(10-8-18)30(22(31)16-28-24(32)21-6-3-15-34-21)23(17-11-13-27-14-12-17)25(33)29-19-4-1-2-5-19/h3,6-15,19,23H,1-2,4-5,16H2,(H,28,32)(H,29,33)/t23-/m0/s1. The van der Waals surface area contributed by atoms with Gasteiger partial charge in [-0.3, -0.25) is 24.3 Å². The highest BCUT2D eigenvalue weighted by molar-refractivity contribution is 6.04. The molecular weight excluding hydrogens is 439 g/mol. The Bertz CT molecular complexity index is 1110. The second-order valence-corrected chi connectivity index (χ2v) is 8.07. The van der Waals surface area contributed by atoms with E-state index >= 15 is 0 Å². The quantitative estimate of drug-likeness (QED) is 0.532. The van der Waals surface area contributed by atoms with Crippen molar-refractivity contribution in [2.45, 2.75) is 37.8 Å². The molecule has 3 amide bonds. The molecule has 2 N–H and O–H groups in total. The normalized spacial score (nSPS) is 14.4. The predicted molar refractivity (Wildman–Crippen MR) is 122 cm³/mol. The van der Waals surface area contributed by atoms with Gasteiger partial charge in [-0.1, -0.05) is 12.8 Å². The number of furan rings is 1. The van der Waals surface area contributed by atoms with Crippen molar-refractivity contribution in [1.29, 1.82) is 0 Å². The summed E-state index contributed by atoms with van der Waals surface area (Å²) in [5.41, 5.74) is 0.863. The first-order valence-corrected chi connectivity index (χ1v) is 11.1. The number of hydrogen-bond donors (Lipinski definition) is 2. The van der Waals surface area contributed by atoms with Crippen molar-refractivity contribution < 1.29 is 23.2 Å². The summed E-state index contributed by atoms with van der Waals surface area (Å²) in [5.74, 6) is -1.87. The van der Waals surface area contributed by atoms with Gasteiger partial charge in [0.2, 0.25) is 11.8 Å². The van der Waals surface area contributed by atoms with E-state index in [0.29, 0.717) is 11.3 Å². The van der Waals surface area contributed by atoms with Crippen LogP contribution in [0, 0.1) is 5.82 Å². The third-order valence-electron chi connectivity index (χ3n) is 5.75. The van der Waals surface area contributed by atoms with Gasteiger partial charge in [-0.15, -0.1) is 0 Å². The van der Waals surface area contributed by atoms with Crippen LogP contribution in [-0.4, -0.2) is 35.3 Å². The zero-order valence-corrected chi connectivity index (χ0v) is 18.4. The number of nitrogens with one attached hydrogen (secondary N) is 2. The second kappa shape index (κ2) is 10.7. The van der Waals surface area contributed by atoms with Gasteiger partial charge in [0.15, 0.2) is 5.76 Å². The Labute approximate surface area is 196 Å². The number of rotatable bonds is 8. The van der Waals surface area contributed by atoms with Crippen molar-refractivity contribution in [2.24, 2.45) is 0 Å². The average Bonchev–Trinajstić information content (AvgIpc) is 3.57. The molecule has 9 heteroatoms. The molecule has 1 aliphatic carbocycles. The van der Waals surface area contributed by atoms with Crippen LogP contribution in [0.4, 0.5) is 10.1 Å². The molecule has 1 aromatic carbocycles. The summed E-state index contributed by atoms with van der Waals surface area (Å²) in [5, 5.41) is 5.57. The molecule has 1 aliphatic rings. The maximum Gasteiger partial charge on any atom is 0.287 e. The van der Waals surface area contributed by atoms with Crippen LogP contribution in [0.5, 0.6) is 0 Å².